The average Bonchev–Trinajstić information content (AvgIpc) is 2.91. The number of hydrogen-bond acceptors (Lipinski definition) is 3. The lowest BCUT2D eigenvalue weighted by molar-refractivity contribution is -0.122. The van der Waals surface area contributed by atoms with Crippen LogP contribution in [0.5, 0.6) is 0 Å². The second-order valence-electron chi connectivity index (χ2n) is 5.64. The molecule has 114 valence electrons. The van der Waals surface area contributed by atoms with Crippen molar-refractivity contribution in [3.05, 3.63) is 35.9 Å². The highest BCUT2D eigenvalue weighted by atomic mass is 16.3. The molecule has 1 aliphatic carbocycles. The normalized spacial score (nSPS) is 22.6. The maximum absolute atomic E-state index is 12.0. The maximum Gasteiger partial charge on any atom is 0.251 e. The zero-order valence-corrected chi connectivity index (χ0v) is 12.2. The average molecular weight is 290 g/mol. The third kappa shape index (κ3) is 4.56. The van der Waals surface area contributed by atoms with Gasteiger partial charge in [0.05, 0.1) is 6.10 Å². The number of aliphatic hydroxyl groups excluding tert-OH is 1. The van der Waals surface area contributed by atoms with Crippen LogP contribution in [0.15, 0.2) is 30.3 Å². The molecule has 2 amide bonds. The quantitative estimate of drug-likeness (QED) is 0.759. The van der Waals surface area contributed by atoms with E-state index in [0.717, 1.165) is 19.3 Å². The van der Waals surface area contributed by atoms with Gasteiger partial charge in [0.25, 0.3) is 5.91 Å². The Morgan fingerprint density at radius 1 is 1.29 bits per heavy atom. The van der Waals surface area contributed by atoms with Crippen LogP contribution in [0.2, 0.25) is 0 Å². The molecule has 3 unspecified atom stereocenters. The predicted molar refractivity (Wildman–Crippen MR) is 79.7 cm³/mol. The van der Waals surface area contributed by atoms with Crippen molar-refractivity contribution in [3.8, 4) is 0 Å². The van der Waals surface area contributed by atoms with Crippen LogP contribution in [0.4, 0.5) is 0 Å². The molecule has 21 heavy (non-hydrogen) atoms. The molecule has 3 N–H and O–H groups in total. The van der Waals surface area contributed by atoms with Crippen LogP contribution >= 0.6 is 0 Å². The van der Waals surface area contributed by atoms with E-state index >= 15 is 0 Å². The molecule has 0 heterocycles. The lowest BCUT2D eigenvalue weighted by Gasteiger charge is -2.16. The Bertz CT molecular complexity index is 490. The third-order valence-electron chi connectivity index (χ3n) is 3.86. The van der Waals surface area contributed by atoms with Gasteiger partial charge in [0.15, 0.2) is 0 Å². The summed E-state index contributed by atoms with van der Waals surface area (Å²) in [6.45, 7) is 2.22. The fraction of sp³-hybridized carbons (Fsp3) is 0.500. The molecule has 0 bridgehead atoms. The van der Waals surface area contributed by atoms with Crippen molar-refractivity contribution in [2.24, 2.45) is 5.92 Å². The van der Waals surface area contributed by atoms with Gasteiger partial charge in [-0.1, -0.05) is 18.2 Å². The van der Waals surface area contributed by atoms with Gasteiger partial charge in [-0.05, 0) is 44.2 Å². The molecule has 0 radical (unpaired) electrons. The van der Waals surface area contributed by atoms with E-state index in [1.165, 1.54) is 0 Å². The van der Waals surface area contributed by atoms with E-state index in [0.29, 0.717) is 18.0 Å². The van der Waals surface area contributed by atoms with Gasteiger partial charge in [0.2, 0.25) is 5.91 Å². The summed E-state index contributed by atoms with van der Waals surface area (Å²) in [4.78, 5) is 23.9. The molecule has 1 fully saturated rings. The minimum Gasteiger partial charge on any atom is -0.393 e. The summed E-state index contributed by atoms with van der Waals surface area (Å²) in [5.74, 6) is -0.115. The highest BCUT2D eigenvalue weighted by molar-refractivity contribution is 5.97. The topological polar surface area (TPSA) is 78.4 Å². The number of amides is 2. The number of hydrogen-bond donors (Lipinski definition) is 3. The molecule has 1 aromatic carbocycles. The van der Waals surface area contributed by atoms with Crippen LogP contribution < -0.4 is 10.6 Å². The van der Waals surface area contributed by atoms with Gasteiger partial charge < -0.3 is 15.7 Å². The molecular weight excluding hydrogens is 268 g/mol. The van der Waals surface area contributed by atoms with Gasteiger partial charge in [0.1, 0.15) is 6.04 Å². The van der Waals surface area contributed by atoms with Crippen molar-refractivity contribution < 1.29 is 14.7 Å². The van der Waals surface area contributed by atoms with E-state index in [2.05, 4.69) is 10.6 Å². The Kier molecular flexibility index (Phi) is 5.33. The van der Waals surface area contributed by atoms with Gasteiger partial charge in [-0.15, -0.1) is 0 Å². The first-order chi connectivity index (χ1) is 10.1. The molecule has 1 aliphatic rings. The number of rotatable bonds is 5. The van der Waals surface area contributed by atoms with Gasteiger partial charge in [-0.3, -0.25) is 9.59 Å². The predicted octanol–water partition coefficient (Wildman–Crippen LogP) is 1.08. The van der Waals surface area contributed by atoms with E-state index in [-0.39, 0.29) is 17.9 Å². The van der Waals surface area contributed by atoms with E-state index in [4.69, 9.17) is 0 Å². The smallest absolute Gasteiger partial charge is 0.251 e. The van der Waals surface area contributed by atoms with E-state index in [1.807, 2.05) is 6.07 Å². The van der Waals surface area contributed by atoms with Gasteiger partial charge >= 0.3 is 0 Å². The Morgan fingerprint density at radius 3 is 2.62 bits per heavy atom. The van der Waals surface area contributed by atoms with Crippen LogP contribution in [-0.4, -0.2) is 35.6 Å². The molecule has 5 nitrogen and oxygen atoms in total. The summed E-state index contributed by atoms with van der Waals surface area (Å²) >= 11 is 0. The lowest BCUT2D eigenvalue weighted by atomic mass is 10.1. The van der Waals surface area contributed by atoms with Crippen molar-refractivity contribution in [2.75, 3.05) is 6.54 Å². The molecule has 3 atom stereocenters. The van der Waals surface area contributed by atoms with Gasteiger partial charge in [-0.2, -0.15) is 0 Å². The standard InChI is InChI=1S/C16H22N2O3/c1-11(18-16(21)13-5-3-2-4-6-13)15(20)17-10-12-7-8-14(19)9-12/h2-6,11-12,14,19H,7-10H2,1H3,(H,17,20)(H,18,21). The maximum atomic E-state index is 12.0. The van der Waals surface area contributed by atoms with E-state index in [1.54, 1.807) is 31.2 Å². The van der Waals surface area contributed by atoms with Crippen LogP contribution in [0.25, 0.3) is 0 Å². The summed E-state index contributed by atoms with van der Waals surface area (Å²) in [5, 5.41) is 15.0. The number of carbonyl (C=O) groups excluding carboxylic acids is 2. The van der Waals surface area contributed by atoms with Crippen molar-refractivity contribution in [1.29, 1.82) is 0 Å². The van der Waals surface area contributed by atoms with Crippen LogP contribution in [0.1, 0.15) is 36.5 Å². The van der Waals surface area contributed by atoms with Gasteiger partial charge in [-0.25, -0.2) is 0 Å². The third-order valence-corrected chi connectivity index (χ3v) is 3.86. The van der Waals surface area contributed by atoms with Crippen LogP contribution in [-0.2, 0) is 4.79 Å². The lowest BCUT2D eigenvalue weighted by Crippen LogP contribution is -2.45. The van der Waals surface area contributed by atoms with Crippen LogP contribution in [0.3, 0.4) is 0 Å². The molecule has 5 heteroatoms. The summed E-state index contributed by atoms with van der Waals surface area (Å²) in [6.07, 6.45) is 2.25. The molecule has 2 rings (SSSR count). The summed E-state index contributed by atoms with van der Waals surface area (Å²) < 4.78 is 0. The molecule has 0 spiro atoms. The Labute approximate surface area is 124 Å². The fourth-order valence-electron chi connectivity index (χ4n) is 2.57. The Balaban J connectivity index is 1.76. The SMILES string of the molecule is CC(NC(=O)c1ccccc1)C(=O)NCC1CCC(O)C1. The van der Waals surface area contributed by atoms with Crippen molar-refractivity contribution >= 4 is 11.8 Å². The second kappa shape index (κ2) is 7.22. The summed E-state index contributed by atoms with van der Waals surface area (Å²) in [7, 11) is 0. The monoisotopic (exact) mass is 290 g/mol. The van der Waals surface area contributed by atoms with E-state index < -0.39 is 6.04 Å². The summed E-state index contributed by atoms with van der Waals surface area (Å²) in [6, 6.07) is 8.24. The Hall–Kier alpha value is -1.88. The zero-order valence-electron chi connectivity index (χ0n) is 12.2. The highest BCUT2D eigenvalue weighted by Gasteiger charge is 2.24. The molecule has 0 aromatic heterocycles. The highest BCUT2D eigenvalue weighted by Crippen LogP contribution is 2.24. The molecule has 0 aliphatic heterocycles. The minimum atomic E-state index is -0.580. The molecule has 1 saturated carbocycles. The fourth-order valence-corrected chi connectivity index (χ4v) is 2.57. The largest absolute Gasteiger partial charge is 0.393 e. The zero-order chi connectivity index (χ0) is 15.2. The van der Waals surface area contributed by atoms with Crippen molar-refractivity contribution in [1.82, 2.24) is 10.6 Å². The first-order valence-corrected chi connectivity index (χ1v) is 7.38. The Morgan fingerprint density at radius 2 is 2.00 bits per heavy atom. The number of carbonyl (C=O) groups is 2. The number of nitrogens with one attached hydrogen (secondary N) is 2. The van der Waals surface area contributed by atoms with Gasteiger partial charge in [0, 0.05) is 12.1 Å². The molecule has 0 saturated heterocycles. The molecular formula is C16H22N2O3. The van der Waals surface area contributed by atoms with Crippen LogP contribution in [0, 0.1) is 5.92 Å². The minimum absolute atomic E-state index is 0.194. The number of aliphatic hydroxyl groups is 1. The van der Waals surface area contributed by atoms with E-state index in [9.17, 15) is 14.7 Å². The van der Waals surface area contributed by atoms with Crippen molar-refractivity contribution in [2.45, 2.75) is 38.3 Å². The first-order valence-electron chi connectivity index (χ1n) is 7.38. The second-order valence-corrected chi connectivity index (χ2v) is 5.64. The van der Waals surface area contributed by atoms with Crippen molar-refractivity contribution in [3.63, 3.8) is 0 Å². The number of benzene rings is 1. The first kappa shape index (κ1) is 15.5. The molecule has 1 aromatic rings. The summed E-state index contributed by atoms with van der Waals surface area (Å²) in [5.41, 5.74) is 0.538.